The van der Waals surface area contributed by atoms with Crippen LogP contribution in [0.15, 0.2) is 61.4 Å². The first-order valence-corrected chi connectivity index (χ1v) is 7.95. The van der Waals surface area contributed by atoms with Crippen LogP contribution in [0.4, 0.5) is 8.78 Å². The van der Waals surface area contributed by atoms with Crippen molar-refractivity contribution in [3.05, 3.63) is 78.6 Å². The lowest BCUT2D eigenvalue weighted by atomic mass is 9.92. The molecular formula is C18H15F2N5O. The average molecular weight is 355 g/mol. The second-order valence-electron chi connectivity index (χ2n) is 6.11. The Morgan fingerprint density at radius 3 is 2.65 bits per heavy atom. The largest absolute Gasteiger partial charge is 0.381 e. The number of hydrogen-bond donors (Lipinski definition) is 1. The minimum Gasteiger partial charge on any atom is -0.381 e. The monoisotopic (exact) mass is 355 g/mol. The highest BCUT2D eigenvalue weighted by Gasteiger charge is 2.34. The van der Waals surface area contributed by atoms with Crippen molar-refractivity contribution in [3.63, 3.8) is 0 Å². The van der Waals surface area contributed by atoms with Gasteiger partial charge in [-0.1, -0.05) is 18.2 Å². The molecule has 0 amide bonds. The Morgan fingerprint density at radius 2 is 1.88 bits per heavy atom. The van der Waals surface area contributed by atoms with E-state index < -0.39 is 17.2 Å². The van der Waals surface area contributed by atoms with E-state index in [0.717, 1.165) is 23.2 Å². The molecule has 1 N–H and O–H groups in total. The molecule has 26 heavy (non-hydrogen) atoms. The minimum absolute atomic E-state index is 0.00985. The molecular weight excluding hydrogens is 340 g/mol. The molecule has 0 saturated carbocycles. The molecule has 132 valence electrons. The van der Waals surface area contributed by atoms with Crippen LogP contribution in [0.5, 0.6) is 0 Å². The van der Waals surface area contributed by atoms with Crippen molar-refractivity contribution < 1.29 is 13.9 Å². The smallest absolute Gasteiger partial charge is 0.137 e. The first-order valence-electron chi connectivity index (χ1n) is 7.95. The standard InChI is InChI=1S/C18H15F2N5O/c19-13-5-6-14(15(20)7-13)18(26,9-25-11-21-10-23-25)8-24-12-22-16-3-1-2-4-17(16)24/h1-7,10-12,26H,8-9H2/t18-/m1/s1. The molecule has 0 aliphatic rings. The summed E-state index contributed by atoms with van der Waals surface area (Å²) in [5, 5.41) is 15.3. The van der Waals surface area contributed by atoms with Gasteiger partial charge in [-0.3, -0.25) is 0 Å². The second kappa shape index (κ2) is 6.30. The third-order valence-corrected chi connectivity index (χ3v) is 4.28. The Kier molecular flexibility index (Phi) is 3.96. The highest BCUT2D eigenvalue weighted by atomic mass is 19.1. The topological polar surface area (TPSA) is 68.8 Å². The van der Waals surface area contributed by atoms with Crippen molar-refractivity contribution in [2.45, 2.75) is 18.7 Å². The molecule has 0 unspecified atom stereocenters. The van der Waals surface area contributed by atoms with Gasteiger partial charge in [0, 0.05) is 11.6 Å². The van der Waals surface area contributed by atoms with Crippen LogP contribution in [0.1, 0.15) is 5.56 Å². The van der Waals surface area contributed by atoms with Gasteiger partial charge in [0.2, 0.25) is 0 Å². The summed E-state index contributed by atoms with van der Waals surface area (Å²) in [4.78, 5) is 8.14. The molecule has 0 saturated heterocycles. The number of aromatic nitrogens is 5. The van der Waals surface area contributed by atoms with Crippen LogP contribution < -0.4 is 0 Å². The second-order valence-corrected chi connectivity index (χ2v) is 6.11. The Morgan fingerprint density at radius 1 is 1.04 bits per heavy atom. The Bertz CT molecular complexity index is 1050. The predicted molar refractivity (Wildman–Crippen MR) is 90.0 cm³/mol. The minimum atomic E-state index is -1.69. The van der Waals surface area contributed by atoms with Crippen LogP contribution in [0, 0.1) is 11.6 Å². The molecule has 4 rings (SSSR count). The Hall–Kier alpha value is -3.13. The summed E-state index contributed by atoms with van der Waals surface area (Å²) in [7, 11) is 0. The van der Waals surface area contributed by atoms with Gasteiger partial charge in [-0.2, -0.15) is 5.10 Å². The van der Waals surface area contributed by atoms with E-state index >= 15 is 0 Å². The number of benzene rings is 2. The van der Waals surface area contributed by atoms with Crippen LogP contribution in [-0.2, 0) is 18.7 Å². The van der Waals surface area contributed by atoms with Gasteiger partial charge < -0.3 is 9.67 Å². The summed E-state index contributed by atoms with van der Waals surface area (Å²) in [6, 6.07) is 10.6. The zero-order valence-electron chi connectivity index (χ0n) is 13.6. The number of aliphatic hydroxyl groups is 1. The summed E-state index contributed by atoms with van der Waals surface area (Å²) in [5.41, 5.74) is -0.149. The van der Waals surface area contributed by atoms with Gasteiger partial charge in [-0.15, -0.1) is 0 Å². The van der Waals surface area contributed by atoms with Crippen LogP contribution >= 0.6 is 0 Å². The summed E-state index contributed by atoms with van der Waals surface area (Å²) < 4.78 is 30.9. The molecule has 2 aromatic carbocycles. The van der Waals surface area contributed by atoms with E-state index in [1.807, 2.05) is 24.3 Å². The molecule has 4 aromatic rings. The summed E-state index contributed by atoms with van der Waals surface area (Å²) >= 11 is 0. The molecule has 0 aliphatic carbocycles. The molecule has 0 fully saturated rings. The fourth-order valence-corrected chi connectivity index (χ4v) is 3.09. The van der Waals surface area contributed by atoms with E-state index in [1.54, 1.807) is 10.9 Å². The lowest BCUT2D eigenvalue weighted by Gasteiger charge is -2.29. The molecule has 0 aliphatic heterocycles. The fraction of sp³-hybridized carbons (Fsp3) is 0.167. The molecule has 2 aromatic heterocycles. The molecule has 6 nitrogen and oxygen atoms in total. The van der Waals surface area contributed by atoms with Crippen LogP contribution in [0.25, 0.3) is 11.0 Å². The highest BCUT2D eigenvalue weighted by Crippen LogP contribution is 2.29. The van der Waals surface area contributed by atoms with E-state index in [4.69, 9.17) is 0 Å². The van der Waals surface area contributed by atoms with Crippen molar-refractivity contribution in [1.29, 1.82) is 0 Å². The van der Waals surface area contributed by atoms with Gasteiger partial charge in [0.1, 0.15) is 29.9 Å². The first kappa shape index (κ1) is 16.3. The predicted octanol–water partition coefficient (Wildman–Crippen LogP) is 2.49. The first-order chi connectivity index (χ1) is 12.5. The quantitative estimate of drug-likeness (QED) is 0.597. The maximum atomic E-state index is 14.4. The lowest BCUT2D eigenvalue weighted by molar-refractivity contribution is -0.00449. The number of imidazole rings is 1. The van der Waals surface area contributed by atoms with Crippen molar-refractivity contribution in [1.82, 2.24) is 24.3 Å². The van der Waals surface area contributed by atoms with E-state index in [0.29, 0.717) is 0 Å². The molecule has 0 radical (unpaired) electrons. The number of rotatable bonds is 5. The Labute approximate surface area is 147 Å². The van der Waals surface area contributed by atoms with E-state index in [2.05, 4.69) is 15.1 Å². The number of halogens is 2. The summed E-state index contributed by atoms with van der Waals surface area (Å²) in [5.74, 6) is -1.53. The third-order valence-electron chi connectivity index (χ3n) is 4.28. The van der Waals surface area contributed by atoms with Crippen molar-refractivity contribution >= 4 is 11.0 Å². The Balaban J connectivity index is 1.79. The highest BCUT2D eigenvalue weighted by molar-refractivity contribution is 5.74. The summed E-state index contributed by atoms with van der Waals surface area (Å²) in [6.07, 6.45) is 4.34. The molecule has 0 bridgehead atoms. The van der Waals surface area contributed by atoms with Crippen LogP contribution in [-0.4, -0.2) is 29.4 Å². The third kappa shape index (κ3) is 2.95. The van der Waals surface area contributed by atoms with Crippen molar-refractivity contribution in [3.8, 4) is 0 Å². The SMILES string of the molecule is O[C@@](Cn1cncn1)(Cn1cnc2ccccc21)c1ccc(F)cc1F. The lowest BCUT2D eigenvalue weighted by Crippen LogP contribution is -2.37. The molecule has 2 heterocycles. The van der Waals surface area contributed by atoms with Gasteiger partial charge >= 0.3 is 0 Å². The van der Waals surface area contributed by atoms with Crippen molar-refractivity contribution in [2.75, 3.05) is 0 Å². The average Bonchev–Trinajstić information content (AvgIpc) is 3.25. The number of fused-ring (bicyclic) bond motifs is 1. The van der Waals surface area contributed by atoms with Crippen LogP contribution in [0.3, 0.4) is 0 Å². The number of nitrogens with zero attached hydrogens (tertiary/aromatic N) is 5. The maximum absolute atomic E-state index is 14.4. The molecule has 0 spiro atoms. The fourth-order valence-electron chi connectivity index (χ4n) is 3.09. The maximum Gasteiger partial charge on any atom is 0.137 e. The van der Waals surface area contributed by atoms with E-state index in [9.17, 15) is 13.9 Å². The van der Waals surface area contributed by atoms with Gasteiger partial charge in [0.25, 0.3) is 0 Å². The zero-order chi connectivity index (χ0) is 18.1. The summed E-state index contributed by atoms with van der Waals surface area (Å²) in [6.45, 7) is -0.0437. The molecule has 8 heteroatoms. The van der Waals surface area contributed by atoms with Gasteiger partial charge in [0.15, 0.2) is 0 Å². The van der Waals surface area contributed by atoms with Gasteiger partial charge in [-0.25, -0.2) is 23.4 Å². The molecule has 1 atom stereocenters. The van der Waals surface area contributed by atoms with E-state index in [1.165, 1.54) is 23.4 Å². The number of para-hydroxylation sites is 2. The normalized spacial score (nSPS) is 13.8. The van der Waals surface area contributed by atoms with Crippen LogP contribution in [0.2, 0.25) is 0 Å². The number of hydrogen-bond acceptors (Lipinski definition) is 4. The van der Waals surface area contributed by atoms with Gasteiger partial charge in [-0.05, 0) is 18.2 Å². The zero-order valence-corrected chi connectivity index (χ0v) is 13.6. The van der Waals surface area contributed by atoms with Gasteiger partial charge in [0.05, 0.1) is 30.5 Å². The van der Waals surface area contributed by atoms with E-state index in [-0.39, 0.29) is 18.7 Å². The van der Waals surface area contributed by atoms with Crippen molar-refractivity contribution in [2.24, 2.45) is 0 Å².